The number of para-hydroxylation sites is 1. The molecule has 11 heteroatoms. The molecule has 3 N–H and O–H groups in total. The molecule has 36 heavy (non-hydrogen) atoms. The van der Waals surface area contributed by atoms with Crippen LogP contribution < -0.4 is 30.3 Å². The maximum atomic E-state index is 12.7. The summed E-state index contributed by atoms with van der Waals surface area (Å²) in [6, 6.07) is 16.1. The van der Waals surface area contributed by atoms with Crippen molar-refractivity contribution in [3.05, 3.63) is 76.8 Å². The van der Waals surface area contributed by atoms with Crippen molar-refractivity contribution in [2.75, 3.05) is 32.0 Å². The van der Waals surface area contributed by atoms with E-state index in [1.165, 1.54) is 39.7 Å². The van der Waals surface area contributed by atoms with Crippen molar-refractivity contribution in [3.63, 3.8) is 0 Å². The average molecular weight is 511 g/mol. The second-order valence-electron chi connectivity index (χ2n) is 7.12. The summed E-state index contributed by atoms with van der Waals surface area (Å²) in [5.74, 6) is -1.32. The number of nitrogens with one attached hydrogen (secondary N) is 3. The second-order valence-corrected chi connectivity index (χ2v) is 7.55. The number of methoxy groups -OCH3 is 3. The third-order valence-electron chi connectivity index (χ3n) is 4.79. The van der Waals surface area contributed by atoms with Crippen molar-refractivity contribution in [2.24, 2.45) is 5.10 Å². The molecule has 0 saturated heterocycles. The first-order valence-corrected chi connectivity index (χ1v) is 10.8. The summed E-state index contributed by atoms with van der Waals surface area (Å²) in [4.78, 5) is 37.4. The van der Waals surface area contributed by atoms with Gasteiger partial charge in [-0.25, -0.2) is 5.43 Å². The van der Waals surface area contributed by atoms with Gasteiger partial charge in [0, 0.05) is 16.3 Å². The Bertz CT molecular complexity index is 1270. The number of amides is 3. The zero-order valence-corrected chi connectivity index (χ0v) is 20.4. The van der Waals surface area contributed by atoms with Crippen molar-refractivity contribution >= 4 is 46.9 Å². The molecule has 3 aromatic carbocycles. The molecule has 0 aliphatic carbocycles. The van der Waals surface area contributed by atoms with Gasteiger partial charge in [0.2, 0.25) is 5.75 Å². The highest BCUT2D eigenvalue weighted by molar-refractivity contribution is 6.40. The van der Waals surface area contributed by atoms with Crippen LogP contribution in [0.4, 0.5) is 11.4 Å². The summed E-state index contributed by atoms with van der Waals surface area (Å²) in [7, 11) is 4.42. The number of nitrogens with zero attached hydrogens (tertiary/aromatic N) is 1. The summed E-state index contributed by atoms with van der Waals surface area (Å²) < 4.78 is 15.8. The van der Waals surface area contributed by atoms with Crippen molar-refractivity contribution in [1.29, 1.82) is 0 Å². The standard InChI is InChI=1S/C25H23ClN4O6/c1-34-20-12-15(13-21(35-2)22(20)36-3)14-27-30-25(33)24(32)29-19-7-5-4-6-18(19)23(31)28-17-10-8-16(26)9-11-17/h4-14H,1-3H3,(H,28,31)(H,29,32)(H,30,33)/b27-14-. The first-order valence-electron chi connectivity index (χ1n) is 10.5. The topological polar surface area (TPSA) is 127 Å². The Kier molecular flexibility index (Phi) is 8.84. The number of hydrazone groups is 1. The Morgan fingerprint density at radius 2 is 1.47 bits per heavy atom. The molecule has 3 aromatic rings. The highest BCUT2D eigenvalue weighted by Crippen LogP contribution is 2.37. The van der Waals surface area contributed by atoms with Crippen LogP contribution in [-0.4, -0.2) is 45.3 Å². The number of rotatable bonds is 8. The van der Waals surface area contributed by atoms with Gasteiger partial charge in [-0.05, 0) is 48.5 Å². The Labute approximate surface area is 212 Å². The van der Waals surface area contributed by atoms with Gasteiger partial charge in [0.15, 0.2) is 11.5 Å². The Hall–Kier alpha value is -4.57. The quantitative estimate of drug-likeness (QED) is 0.241. The van der Waals surface area contributed by atoms with Crippen molar-refractivity contribution < 1.29 is 28.6 Å². The van der Waals surface area contributed by atoms with E-state index in [1.807, 2.05) is 0 Å². The van der Waals surface area contributed by atoms with Gasteiger partial charge in [-0.3, -0.25) is 14.4 Å². The molecule has 3 amide bonds. The molecule has 186 valence electrons. The second kappa shape index (κ2) is 12.2. The van der Waals surface area contributed by atoms with E-state index < -0.39 is 17.7 Å². The zero-order valence-electron chi connectivity index (χ0n) is 19.6. The highest BCUT2D eigenvalue weighted by Gasteiger charge is 2.18. The van der Waals surface area contributed by atoms with Gasteiger partial charge in [-0.2, -0.15) is 5.10 Å². The summed E-state index contributed by atoms with van der Waals surface area (Å²) >= 11 is 5.86. The first-order chi connectivity index (χ1) is 17.4. The van der Waals surface area contributed by atoms with E-state index in [0.717, 1.165) is 0 Å². The lowest BCUT2D eigenvalue weighted by Crippen LogP contribution is -2.33. The maximum Gasteiger partial charge on any atom is 0.329 e. The van der Waals surface area contributed by atoms with E-state index >= 15 is 0 Å². The van der Waals surface area contributed by atoms with E-state index in [1.54, 1.807) is 48.5 Å². The summed E-state index contributed by atoms with van der Waals surface area (Å²) in [6.45, 7) is 0. The number of carbonyl (C=O) groups excluding carboxylic acids is 3. The molecular formula is C25H23ClN4O6. The van der Waals surface area contributed by atoms with Gasteiger partial charge in [0.25, 0.3) is 5.91 Å². The predicted octanol–water partition coefficient (Wildman–Crippen LogP) is 3.71. The minimum Gasteiger partial charge on any atom is -0.493 e. The predicted molar refractivity (Wildman–Crippen MR) is 136 cm³/mol. The number of carbonyl (C=O) groups is 3. The van der Waals surface area contributed by atoms with Crippen LogP contribution in [0.3, 0.4) is 0 Å². The SMILES string of the molecule is COc1cc(/C=N\NC(=O)C(=O)Nc2ccccc2C(=O)Nc2ccc(Cl)cc2)cc(OC)c1OC. The van der Waals surface area contributed by atoms with Gasteiger partial charge < -0.3 is 24.8 Å². The zero-order chi connectivity index (χ0) is 26.1. The lowest BCUT2D eigenvalue weighted by Gasteiger charge is -2.12. The van der Waals surface area contributed by atoms with Crippen LogP contribution in [0.5, 0.6) is 17.2 Å². The number of anilines is 2. The van der Waals surface area contributed by atoms with Gasteiger partial charge >= 0.3 is 11.8 Å². The molecule has 0 bridgehead atoms. The molecule has 10 nitrogen and oxygen atoms in total. The Morgan fingerprint density at radius 1 is 0.833 bits per heavy atom. The molecule has 0 aromatic heterocycles. The van der Waals surface area contributed by atoms with E-state index in [9.17, 15) is 14.4 Å². The maximum absolute atomic E-state index is 12.7. The third-order valence-corrected chi connectivity index (χ3v) is 5.05. The minimum atomic E-state index is -1.04. The fourth-order valence-corrected chi connectivity index (χ4v) is 3.22. The number of hydrogen-bond acceptors (Lipinski definition) is 7. The fraction of sp³-hybridized carbons (Fsp3) is 0.120. The Morgan fingerprint density at radius 3 is 2.08 bits per heavy atom. The average Bonchev–Trinajstić information content (AvgIpc) is 2.89. The molecule has 0 atom stereocenters. The lowest BCUT2D eigenvalue weighted by molar-refractivity contribution is -0.136. The molecular weight excluding hydrogens is 488 g/mol. The molecule has 0 aliphatic heterocycles. The number of ether oxygens (including phenoxy) is 3. The molecule has 0 radical (unpaired) electrons. The third kappa shape index (κ3) is 6.51. The van der Waals surface area contributed by atoms with Crippen LogP contribution in [0.2, 0.25) is 5.02 Å². The number of benzene rings is 3. The lowest BCUT2D eigenvalue weighted by atomic mass is 10.1. The fourth-order valence-electron chi connectivity index (χ4n) is 3.09. The van der Waals surface area contributed by atoms with Crippen molar-refractivity contribution in [3.8, 4) is 17.2 Å². The molecule has 0 fully saturated rings. The monoisotopic (exact) mass is 510 g/mol. The van der Waals surface area contributed by atoms with Crippen LogP contribution >= 0.6 is 11.6 Å². The highest BCUT2D eigenvalue weighted by atomic mass is 35.5. The molecule has 0 saturated carbocycles. The van der Waals surface area contributed by atoms with Crippen LogP contribution in [0.15, 0.2) is 65.8 Å². The van der Waals surface area contributed by atoms with E-state index in [-0.39, 0.29) is 11.3 Å². The number of hydrogen-bond donors (Lipinski definition) is 3. The van der Waals surface area contributed by atoms with Crippen LogP contribution in [0.25, 0.3) is 0 Å². The van der Waals surface area contributed by atoms with Gasteiger partial charge in [0.1, 0.15) is 0 Å². The van der Waals surface area contributed by atoms with E-state index in [4.69, 9.17) is 25.8 Å². The van der Waals surface area contributed by atoms with E-state index in [2.05, 4.69) is 21.2 Å². The molecule has 0 unspecified atom stereocenters. The summed E-state index contributed by atoms with van der Waals surface area (Å²) in [5, 5.41) is 9.46. The van der Waals surface area contributed by atoms with Gasteiger partial charge in [0.05, 0.1) is 38.8 Å². The molecule has 0 spiro atoms. The van der Waals surface area contributed by atoms with Crippen LogP contribution in [-0.2, 0) is 9.59 Å². The van der Waals surface area contributed by atoms with Crippen molar-refractivity contribution in [2.45, 2.75) is 0 Å². The smallest absolute Gasteiger partial charge is 0.329 e. The number of halogens is 1. The largest absolute Gasteiger partial charge is 0.493 e. The summed E-state index contributed by atoms with van der Waals surface area (Å²) in [5.41, 5.74) is 3.49. The van der Waals surface area contributed by atoms with Crippen LogP contribution in [0.1, 0.15) is 15.9 Å². The van der Waals surface area contributed by atoms with E-state index in [0.29, 0.717) is 33.5 Å². The normalized spacial score (nSPS) is 10.4. The van der Waals surface area contributed by atoms with Crippen molar-refractivity contribution in [1.82, 2.24) is 5.43 Å². The van der Waals surface area contributed by atoms with Gasteiger partial charge in [-0.15, -0.1) is 0 Å². The van der Waals surface area contributed by atoms with Gasteiger partial charge in [-0.1, -0.05) is 23.7 Å². The Balaban J connectivity index is 1.66. The molecule has 3 rings (SSSR count). The minimum absolute atomic E-state index is 0.151. The van der Waals surface area contributed by atoms with Crippen LogP contribution in [0, 0.1) is 0 Å². The molecule has 0 aliphatic rings. The first kappa shape index (κ1) is 26.0. The summed E-state index contributed by atoms with van der Waals surface area (Å²) in [6.07, 6.45) is 1.31. The molecule has 0 heterocycles.